The standard InChI is InChI=1S/C21H29BF3NO5/c1-18(2,3)29-17(28)26-12-15(22-30-19(4,5)20(6,7)31-22)11-13-10-14(21(23,24)25)8-9-16(13)27/h8-11,27H,12H2,1-7H3,(H,26,28). The Morgan fingerprint density at radius 3 is 2.19 bits per heavy atom. The summed E-state index contributed by atoms with van der Waals surface area (Å²) in [5, 5.41) is 12.7. The normalized spacial score (nSPS) is 18.8. The van der Waals surface area contributed by atoms with Gasteiger partial charge in [0.25, 0.3) is 0 Å². The van der Waals surface area contributed by atoms with Crippen LogP contribution in [0.15, 0.2) is 23.7 Å². The van der Waals surface area contributed by atoms with E-state index in [1.807, 2.05) is 27.7 Å². The Hall–Kier alpha value is -2.20. The monoisotopic (exact) mass is 443 g/mol. The van der Waals surface area contributed by atoms with Crippen LogP contribution in [0.3, 0.4) is 0 Å². The van der Waals surface area contributed by atoms with Gasteiger partial charge in [0.15, 0.2) is 0 Å². The highest BCUT2D eigenvalue weighted by atomic mass is 19.4. The number of rotatable bonds is 4. The van der Waals surface area contributed by atoms with Crippen molar-refractivity contribution in [1.82, 2.24) is 5.32 Å². The maximum Gasteiger partial charge on any atom is 0.492 e. The molecule has 0 aromatic heterocycles. The van der Waals surface area contributed by atoms with Gasteiger partial charge in [-0.1, -0.05) is 6.08 Å². The van der Waals surface area contributed by atoms with E-state index in [9.17, 15) is 23.1 Å². The van der Waals surface area contributed by atoms with Gasteiger partial charge in [0.1, 0.15) is 11.4 Å². The summed E-state index contributed by atoms with van der Waals surface area (Å²) < 4.78 is 56.6. The summed E-state index contributed by atoms with van der Waals surface area (Å²) in [6, 6.07) is 2.59. The molecule has 0 saturated carbocycles. The summed E-state index contributed by atoms with van der Waals surface area (Å²) in [4.78, 5) is 12.1. The number of phenols is 1. The first kappa shape index (κ1) is 25.1. The zero-order chi connectivity index (χ0) is 23.8. The van der Waals surface area contributed by atoms with Crippen molar-refractivity contribution in [2.75, 3.05) is 6.54 Å². The molecule has 1 amide bonds. The van der Waals surface area contributed by atoms with Gasteiger partial charge in [-0.15, -0.1) is 0 Å². The van der Waals surface area contributed by atoms with Crippen molar-refractivity contribution in [1.29, 1.82) is 0 Å². The number of hydrogen-bond donors (Lipinski definition) is 2. The minimum atomic E-state index is -4.57. The van der Waals surface area contributed by atoms with Crippen LogP contribution >= 0.6 is 0 Å². The molecule has 1 fully saturated rings. The molecule has 1 aliphatic rings. The fourth-order valence-corrected chi connectivity index (χ4v) is 2.73. The Morgan fingerprint density at radius 1 is 1.16 bits per heavy atom. The lowest BCUT2D eigenvalue weighted by Gasteiger charge is -2.32. The van der Waals surface area contributed by atoms with Crippen LogP contribution in [0.2, 0.25) is 0 Å². The molecule has 172 valence electrons. The molecule has 0 bridgehead atoms. The van der Waals surface area contributed by atoms with Crippen molar-refractivity contribution < 1.29 is 37.1 Å². The Morgan fingerprint density at radius 2 is 1.71 bits per heavy atom. The second-order valence-electron chi connectivity index (χ2n) is 9.43. The van der Waals surface area contributed by atoms with Gasteiger partial charge in [0.2, 0.25) is 0 Å². The number of ether oxygens (including phenoxy) is 1. The topological polar surface area (TPSA) is 77.0 Å². The Bertz CT molecular complexity index is 844. The van der Waals surface area contributed by atoms with Gasteiger partial charge in [-0.25, -0.2) is 4.79 Å². The first-order valence-corrected chi connectivity index (χ1v) is 9.84. The molecule has 1 aromatic rings. The van der Waals surface area contributed by atoms with Crippen LogP contribution < -0.4 is 5.32 Å². The number of benzene rings is 1. The molecular formula is C21H29BF3NO5. The number of carbonyl (C=O) groups is 1. The first-order chi connectivity index (χ1) is 13.9. The molecule has 0 unspecified atom stereocenters. The molecule has 1 heterocycles. The quantitative estimate of drug-likeness (QED) is 0.644. The van der Waals surface area contributed by atoms with Crippen LogP contribution in [0.5, 0.6) is 5.75 Å². The molecule has 1 aliphatic heterocycles. The third-order valence-electron chi connectivity index (χ3n) is 5.09. The molecule has 0 aliphatic carbocycles. The van der Waals surface area contributed by atoms with Crippen molar-refractivity contribution >= 4 is 19.3 Å². The van der Waals surface area contributed by atoms with Crippen LogP contribution in [0.4, 0.5) is 18.0 Å². The number of carbonyl (C=O) groups excluding carboxylic acids is 1. The van der Waals surface area contributed by atoms with Crippen molar-refractivity contribution in [2.45, 2.75) is 71.4 Å². The minimum absolute atomic E-state index is 0.0782. The van der Waals surface area contributed by atoms with E-state index in [0.29, 0.717) is 5.47 Å². The van der Waals surface area contributed by atoms with E-state index < -0.39 is 41.8 Å². The zero-order valence-corrected chi connectivity index (χ0v) is 18.8. The van der Waals surface area contributed by atoms with E-state index in [0.717, 1.165) is 18.2 Å². The zero-order valence-electron chi connectivity index (χ0n) is 18.8. The number of phenolic OH excluding ortho intramolecular Hbond substituents is 1. The van der Waals surface area contributed by atoms with Crippen molar-refractivity contribution in [2.24, 2.45) is 0 Å². The second-order valence-corrected chi connectivity index (χ2v) is 9.43. The summed E-state index contributed by atoms with van der Waals surface area (Å²) >= 11 is 0. The molecule has 6 nitrogen and oxygen atoms in total. The molecule has 0 spiro atoms. The fraction of sp³-hybridized carbons (Fsp3) is 0.571. The third-order valence-corrected chi connectivity index (χ3v) is 5.09. The lowest BCUT2D eigenvalue weighted by atomic mass is 9.76. The first-order valence-electron chi connectivity index (χ1n) is 9.84. The van der Waals surface area contributed by atoms with Crippen LogP contribution in [0.25, 0.3) is 6.08 Å². The average molecular weight is 443 g/mol. The predicted octanol–water partition coefficient (Wildman–Crippen LogP) is 4.95. The molecule has 2 N–H and O–H groups in total. The van der Waals surface area contributed by atoms with Gasteiger partial charge >= 0.3 is 19.4 Å². The summed E-state index contributed by atoms with van der Waals surface area (Å²) in [6.45, 7) is 12.3. The largest absolute Gasteiger partial charge is 0.507 e. The number of amides is 1. The van der Waals surface area contributed by atoms with E-state index in [1.54, 1.807) is 20.8 Å². The Balaban J connectivity index is 2.40. The third kappa shape index (κ3) is 6.40. The molecule has 0 atom stereocenters. The molecule has 31 heavy (non-hydrogen) atoms. The van der Waals surface area contributed by atoms with Crippen molar-refractivity contribution in [3.05, 3.63) is 34.8 Å². The lowest BCUT2D eigenvalue weighted by Crippen LogP contribution is -2.41. The highest BCUT2D eigenvalue weighted by molar-refractivity contribution is 6.56. The van der Waals surface area contributed by atoms with E-state index in [1.165, 1.54) is 6.08 Å². The summed E-state index contributed by atoms with van der Waals surface area (Å²) in [5.41, 5.74) is -2.82. The number of alkyl carbamates (subject to hydrolysis) is 1. The van der Waals surface area contributed by atoms with E-state index in [4.69, 9.17) is 14.0 Å². The molecular weight excluding hydrogens is 414 g/mol. The summed E-state index contributed by atoms with van der Waals surface area (Å²) in [7, 11) is -0.950. The Labute approximate surface area is 180 Å². The van der Waals surface area contributed by atoms with Gasteiger partial charge < -0.3 is 24.5 Å². The SMILES string of the molecule is CC(C)(C)OC(=O)NCC(=Cc1cc(C(F)(F)F)ccc1O)B1OC(C)(C)C(C)(C)O1. The summed E-state index contributed by atoms with van der Waals surface area (Å²) in [6.07, 6.45) is -3.96. The minimum Gasteiger partial charge on any atom is -0.507 e. The number of halogens is 3. The van der Waals surface area contributed by atoms with Crippen molar-refractivity contribution in [3.8, 4) is 5.75 Å². The Kier molecular flexibility index (Phi) is 6.78. The van der Waals surface area contributed by atoms with Crippen LogP contribution in [-0.2, 0) is 20.2 Å². The van der Waals surface area contributed by atoms with E-state index in [2.05, 4.69) is 5.32 Å². The average Bonchev–Trinajstić information content (AvgIpc) is 2.78. The fourth-order valence-electron chi connectivity index (χ4n) is 2.73. The highest BCUT2D eigenvalue weighted by Crippen LogP contribution is 2.39. The molecule has 1 aromatic carbocycles. The van der Waals surface area contributed by atoms with Crippen LogP contribution in [0, 0.1) is 0 Å². The highest BCUT2D eigenvalue weighted by Gasteiger charge is 2.52. The van der Waals surface area contributed by atoms with Gasteiger partial charge in [-0.05, 0) is 72.1 Å². The van der Waals surface area contributed by atoms with Gasteiger partial charge in [0, 0.05) is 12.1 Å². The van der Waals surface area contributed by atoms with Gasteiger partial charge in [0.05, 0.1) is 16.8 Å². The van der Waals surface area contributed by atoms with E-state index >= 15 is 0 Å². The van der Waals surface area contributed by atoms with Crippen molar-refractivity contribution in [3.63, 3.8) is 0 Å². The molecule has 10 heteroatoms. The number of alkyl halides is 3. The second kappa shape index (κ2) is 8.39. The molecule has 1 saturated heterocycles. The summed E-state index contributed by atoms with van der Waals surface area (Å²) in [5.74, 6) is -0.348. The van der Waals surface area contributed by atoms with Crippen LogP contribution in [0.1, 0.15) is 59.6 Å². The number of nitrogens with one attached hydrogen (secondary N) is 1. The van der Waals surface area contributed by atoms with E-state index in [-0.39, 0.29) is 17.9 Å². The maximum atomic E-state index is 13.1. The maximum absolute atomic E-state index is 13.1. The van der Waals surface area contributed by atoms with Gasteiger partial charge in [-0.3, -0.25) is 0 Å². The smallest absolute Gasteiger partial charge is 0.492 e. The molecule has 2 rings (SSSR count). The van der Waals surface area contributed by atoms with Gasteiger partial charge in [-0.2, -0.15) is 13.2 Å². The predicted molar refractivity (Wildman–Crippen MR) is 111 cm³/mol. The molecule has 0 radical (unpaired) electrons. The number of hydrogen-bond acceptors (Lipinski definition) is 5. The van der Waals surface area contributed by atoms with Crippen LogP contribution in [-0.4, -0.2) is 41.7 Å². The number of aromatic hydroxyl groups is 1. The lowest BCUT2D eigenvalue weighted by molar-refractivity contribution is -0.137.